The van der Waals surface area contributed by atoms with Crippen LogP contribution in [-0.4, -0.2) is 51.0 Å². The van der Waals surface area contributed by atoms with Crippen molar-refractivity contribution >= 4 is 23.0 Å². The third kappa shape index (κ3) is 4.77. The van der Waals surface area contributed by atoms with Gasteiger partial charge in [-0.3, -0.25) is 9.59 Å². The summed E-state index contributed by atoms with van der Waals surface area (Å²) in [6.45, 7) is 10.2. The fourth-order valence-corrected chi connectivity index (χ4v) is 4.58. The lowest BCUT2D eigenvalue weighted by Gasteiger charge is -2.31. The van der Waals surface area contributed by atoms with Crippen LogP contribution in [0.5, 0.6) is 0 Å². The highest BCUT2D eigenvalue weighted by Gasteiger charge is 2.28. The number of piperidine rings is 1. The first-order valence-corrected chi connectivity index (χ1v) is 11.8. The zero-order valence-corrected chi connectivity index (χ0v) is 19.9. The zero-order valence-electron chi connectivity index (χ0n) is 19.9. The van der Waals surface area contributed by atoms with Crippen LogP contribution in [0.15, 0.2) is 30.3 Å². The zero-order chi connectivity index (χ0) is 23.5. The smallest absolute Gasteiger partial charge is 0.309 e. The van der Waals surface area contributed by atoms with Gasteiger partial charge in [0.2, 0.25) is 0 Å². The first-order valence-electron chi connectivity index (χ1n) is 11.8. The Kier molecular flexibility index (Phi) is 6.77. The van der Waals surface area contributed by atoms with Crippen molar-refractivity contribution in [2.45, 2.75) is 53.5 Å². The maximum atomic E-state index is 13.0. The van der Waals surface area contributed by atoms with E-state index in [1.807, 2.05) is 43.0 Å². The van der Waals surface area contributed by atoms with Crippen molar-refractivity contribution in [3.8, 4) is 0 Å². The molecule has 1 fully saturated rings. The topological polar surface area (TPSA) is 77.3 Å². The Morgan fingerprint density at radius 2 is 1.76 bits per heavy atom. The molecule has 1 aromatic carbocycles. The molecule has 174 valence electrons. The van der Waals surface area contributed by atoms with Crippen molar-refractivity contribution in [1.82, 2.24) is 19.4 Å². The highest BCUT2D eigenvalue weighted by atomic mass is 16.5. The summed E-state index contributed by atoms with van der Waals surface area (Å²) < 4.78 is 7.29. The Morgan fingerprint density at radius 3 is 2.39 bits per heavy atom. The van der Waals surface area contributed by atoms with E-state index in [1.165, 1.54) is 0 Å². The normalized spacial score (nSPS) is 14.6. The Balaban J connectivity index is 1.46. The maximum Gasteiger partial charge on any atom is 0.309 e. The SMILES string of the molecule is CCOC(=O)C1CCN(C(=O)c2ccc(Cn3c(CC)nc4c(C)cc(C)nc43)cc2)CC1. The van der Waals surface area contributed by atoms with Crippen LogP contribution in [0.1, 0.15) is 59.7 Å². The van der Waals surface area contributed by atoms with Crippen LogP contribution in [0.25, 0.3) is 11.2 Å². The van der Waals surface area contributed by atoms with E-state index in [9.17, 15) is 9.59 Å². The summed E-state index contributed by atoms with van der Waals surface area (Å²) in [6.07, 6.45) is 2.14. The van der Waals surface area contributed by atoms with Gasteiger partial charge in [0, 0.05) is 30.8 Å². The van der Waals surface area contributed by atoms with Crippen LogP contribution < -0.4 is 0 Å². The summed E-state index contributed by atoms with van der Waals surface area (Å²) in [7, 11) is 0. The van der Waals surface area contributed by atoms with Gasteiger partial charge in [-0.05, 0) is 62.9 Å². The van der Waals surface area contributed by atoms with Crippen LogP contribution in [0.4, 0.5) is 0 Å². The fourth-order valence-electron chi connectivity index (χ4n) is 4.58. The van der Waals surface area contributed by atoms with Gasteiger partial charge < -0.3 is 14.2 Å². The summed E-state index contributed by atoms with van der Waals surface area (Å²) in [5.74, 6) is 0.775. The van der Waals surface area contributed by atoms with Crippen molar-refractivity contribution in [3.05, 3.63) is 58.5 Å². The third-order valence-corrected chi connectivity index (χ3v) is 6.36. The molecule has 3 aromatic rings. The summed E-state index contributed by atoms with van der Waals surface area (Å²) in [4.78, 5) is 36.3. The number of hydrogen-bond acceptors (Lipinski definition) is 5. The number of amides is 1. The minimum Gasteiger partial charge on any atom is -0.466 e. The number of aromatic nitrogens is 3. The average Bonchev–Trinajstić information content (AvgIpc) is 3.17. The predicted molar refractivity (Wildman–Crippen MR) is 127 cm³/mol. The lowest BCUT2D eigenvalue weighted by molar-refractivity contribution is -0.149. The van der Waals surface area contributed by atoms with E-state index in [0.29, 0.717) is 44.6 Å². The monoisotopic (exact) mass is 448 g/mol. The van der Waals surface area contributed by atoms with Gasteiger partial charge in [0.05, 0.1) is 19.1 Å². The van der Waals surface area contributed by atoms with Crippen molar-refractivity contribution in [2.24, 2.45) is 5.92 Å². The molecule has 0 radical (unpaired) electrons. The molecule has 4 rings (SSSR count). The predicted octanol–water partition coefficient (Wildman–Crippen LogP) is 4.07. The summed E-state index contributed by atoms with van der Waals surface area (Å²) >= 11 is 0. The number of imidazole rings is 1. The molecule has 0 spiro atoms. The van der Waals surface area contributed by atoms with Crippen molar-refractivity contribution in [1.29, 1.82) is 0 Å². The van der Waals surface area contributed by atoms with Gasteiger partial charge in [-0.1, -0.05) is 19.1 Å². The number of benzene rings is 1. The Bertz CT molecular complexity index is 1160. The summed E-state index contributed by atoms with van der Waals surface area (Å²) in [6, 6.07) is 9.86. The van der Waals surface area contributed by atoms with Gasteiger partial charge in [-0.2, -0.15) is 0 Å². The molecule has 7 heteroatoms. The van der Waals surface area contributed by atoms with Crippen molar-refractivity contribution in [3.63, 3.8) is 0 Å². The number of fused-ring (bicyclic) bond motifs is 1. The van der Waals surface area contributed by atoms with E-state index in [4.69, 9.17) is 14.7 Å². The molecule has 0 unspecified atom stereocenters. The molecular weight excluding hydrogens is 416 g/mol. The van der Waals surface area contributed by atoms with Crippen LogP contribution in [-0.2, 0) is 22.5 Å². The largest absolute Gasteiger partial charge is 0.466 e. The van der Waals surface area contributed by atoms with Crippen LogP contribution >= 0.6 is 0 Å². The van der Waals surface area contributed by atoms with E-state index in [-0.39, 0.29) is 17.8 Å². The van der Waals surface area contributed by atoms with E-state index in [2.05, 4.69) is 24.5 Å². The average molecular weight is 449 g/mol. The lowest BCUT2D eigenvalue weighted by Crippen LogP contribution is -2.40. The molecule has 1 aliphatic rings. The molecule has 33 heavy (non-hydrogen) atoms. The molecule has 1 aliphatic heterocycles. The number of likely N-dealkylation sites (tertiary alicyclic amines) is 1. The number of hydrogen-bond donors (Lipinski definition) is 0. The highest BCUT2D eigenvalue weighted by Crippen LogP contribution is 2.23. The molecular formula is C26H32N4O3. The molecule has 0 saturated carbocycles. The second-order valence-corrected chi connectivity index (χ2v) is 8.74. The molecule has 0 bridgehead atoms. The Morgan fingerprint density at radius 1 is 1.06 bits per heavy atom. The van der Waals surface area contributed by atoms with Gasteiger partial charge in [0.15, 0.2) is 5.65 Å². The minimum absolute atomic E-state index is 0.0131. The number of carbonyl (C=O) groups is 2. The van der Waals surface area contributed by atoms with Gasteiger partial charge in [-0.15, -0.1) is 0 Å². The molecule has 1 amide bonds. The van der Waals surface area contributed by atoms with Gasteiger partial charge >= 0.3 is 5.97 Å². The second kappa shape index (κ2) is 9.73. The number of nitrogens with zero attached hydrogens (tertiary/aromatic N) is 4. The van der Waals surface area contributed by atoms with Crippen LogP contribution in [0, 0.1) is 19.8 Å². The number of esters is 1. The standard InChI is InChI=1S/C26H32N4O3/c1-5-22-28-23-17(3)15-18(4)27-24(23)30(22)16-19-7-9-20(10-8-19)25(31)29-13-11-21(12-14-29)26(32)33-6-2/h7-10,15,21H,5-6,11-14,16H2,1-4H3. The molecule has 0 aliphatic carbocycles. The van der Waals surface area contributed by atoms with Crippen LogP contribution in [0.2, 0.25) is 0 Å². The van der Waals surface area contributed by atoms with Crippen LogP contribution in [0.3, 0.4) is 0 Å². The Hall–Kier alpha value is -3.22. The van der Waals surface area contributed by atoms with Crippen molar-refractivity contribution < 1.29 is 14.3 Å². The van der Waals surface area contributed by atoms with E-state index in [0.717, 1.165) is 40.2 Å². The van der Waals surface area contributed by atoms with E-state index >= 15 is 0 Å². The third-order valence-electron chi connectivity index (χ3n) is 6.36. The van der Waals surface area contributed by atoms with E-state index in [1.54, 1.807) is 0 Å². The first kappa shape index (κ1) is 23.0. The number of pyridine rings is 1. The number of aryl methyl sites for hydroxylation is 3. The number of rotatable bonds is 6. The Labute approximate surface area is 194 Å². The molecule has 2 aromatic heterocycles. The summed E-state index contributed by atoms with van der Waals surface area (Å²) in [5, 5.41) is 0. The van der Waals surface area contributed by atoms with Crippen molar-refractivity contribution in [2.75, 3.05) is 19.7 Å². The fraction of sp³-hybridized carbons (Fsp3) is 0.462. The second-order valence-electron chi connectivity index (χ2n) is 8.74. The van der Waals surface area contributed by atoms with Gasteiger partial charge in [0.25, 0.3) is 5.91 Å². The maximum absolute atomic E-state index is 13.0. The quantitative estimate of drug-likeness (QED) is 0.531. The lowest BCUT2D eigenvalue weighted by atomic mass is 9.96. The van der Waals surface area contributed by atoms with E-state index < -0.39 is 0 Å². The van der Waals surface area contributed by atoms with Gasteiger partial charge in [-0.25, -0.2) is 9.97 Å². The minimum atomic E-state index is -0.146. The molecule has 7 nitrogen and oxygen atoms in total. The summed E-state index contributed by atoms with van der Waals surface area (Å²) in [5.41, 5.74) is 5.76. The highest BCUT2D eigenvalue weighted by molar-refractivity contribution is 5.94. The number of ether oxygens (including phenoxy) is 1. The molecule has 3 heterocycles. The molecule has 0 N–H and O–H groups in total. The number of carbonyl (C=O) groups excluding carboxylic acids is 2. The molecule has 1 saturated heterocycles. The first-order chi connectivity index (χ1) is 15.9. The van der Waals surface area contributed by atoms with Gasteiger partial charge in [0.1, 0.15) is 11.3 Å². The molecule has 0 atom stereocenters.